The van der Waals surface area contributed by atoms with Crippen LogP contribution in [-0.2, 0) is 28.7 Å². The first-order valence-electron chi connectivity index (χ1n) is 17.8. The normalized spacial score (nSPS) is 25.3. The van der Waals surface area contributed by atoms with E-state index in [1.807, 2.05) is 37.3 Å². The van der Waals surface area contributed by atoms with Gasteiger partial charge in [0, 0.05) is 39.7 Å². The van der Waals surface area contributed by atoms with Crippen LogP contribution in [0.25, 0.3) is 0 Å². The minimum absolute atomic E-state index is 0.0873. The molecule has 10 heteroatoms. The molecule has 264 valence electrons. The van der Waals surface area contributed by atoms with Gasteiger partial charge in [0.15, 0.2) is 0 Å². The van der Waals surface area contributed by atoms with Crippen LogP contribution in [0, 0.1) is 11.8 Å². The summed E-state index contributed by atoms with van der Waals surface area (Å²) >= 11 is 0. The molecule has 3 aliphatic heterocycles. The second-order valence-electron chi connectivity index (χ2n) is 13.5. The van der Waals surface area contributed by atoms with Crippen LogP contribution in [0.1, 0.15) is 89.7 Å². The molecule has 1 aromatic rings. The number of hydrogen-bond acceptors (Lipinski definition) is 7. The highest BCUT2D eigenvalue weighted by Gasteiger charge is 2.75. The number of esters is 1. The van der Waals surface area contributed by atoms with Gasteiger partial charge in [-0.05, 0) is 51.0 Å². The predicted molar refractivity (Wildman–Crippen MR) is 183 cm³/mol. The van der Waals surface area contributed by atoms with Crippen molar-refractivity contribution in [3.8, 4) is 0 Å². The maximum atomic E-state index is 14.4. The largest absolute Gasteiger partial charge is 0.455 e. The van der Waals surface area contributed by atoms with Crippen LogP contribution in [0.5, 0.6) is 0 Å². The van der Waals surface area contributed by atoms with E-state index in [4.69, 9.17) is 9.47 Å². The van der Waals surface area contributed by atoms with Crippen molar-refractivity contribution in [1.29, 1.82) is 0 Å². The van der Waals surface area contributed by atoms with Gasteiger partial charge >= 0.3 is 5.97 Å². The summed E-state index contributed by atoms with van der Waals surface area (Å²) in [6.45, 7) is 12.9. The molecule has 0 aliphatic carbocycles. The minimum Gasteiger partial charge on any atom is -0.455 e. The molecule has 48 heavy (non-hydrogen) atoms. The van der Waals surface area contributed by atoms with Crippen LogP contribution in [-0.4, -0.2) is 101 Å². The Kier molecular flexibility index (Phi) is 13.4. The first-order chi connectivity index (χ1) is 23.2. The van der Waals surface area contributed by atoms with Crippen molar-refractivity contribution in [3.05, 3.63) is 61.2 Å². The summed E-state index contributed by atoms with van der Waals surface area (Å²) in [7, 11) is 1.71. The molecule has 1 spiro atoms. The number of aliphatic hydroxyl groups is 1. The van der Waals surface area contributed by atoms with Gasteiger partial charge in [0.1, 0.15) is 17.7 Å². The maximum absolute atomic E-state index is 14.4. The summed E-state index contributed by atoms with van der Waals surface area (Å²) in [5.41, 5.74) is -0.378. The lowest BCUT2D eigenvalue weighted by Gasteiger charge is -2.37. The molecular weight excluding hydrogens is 610 g/mol. The van der Waals surface area contributed by atoms with Gasteiger partial charge in [-0.25, -0.2) is 0 Å². The predicted octanol–water partition coefficient (Wildman–Crippen LogP) is 4.83. The zero-order chi connectivity index (χ0) is 34.8. The highest BCUT2D eigenvalue weighted by atomic mass is 16.6. The number of likely N-dealkylation sites (N-methyl/N-ethyl adjacent to an activating group) is 1. The number of likely N-dealkylation sites (tertiary alicyclic amines) is 1. The average molecular weight is 666 g/mol. The van der Waals surface area contributed by atoms with E-state index in [0.29, 0.717) is 58.2 Å². The molecule has 4 rings (SSSR count). The number of carbonyl (C=O) groups excluding carboxylic acids is 4. The van der Waals surface area contributed by atoms with Crippen LogP contribution >= 0.6 is 0 Å². The Balaban J connectivity index is 1.65. The van der Waals surface area contributed by atoms with Crippen molar-refractivity contribution < 1.29 is 33.8 Å². The molecule has 7 atom stereocenters. The molecule has 1 N–H and O–H groups in total. The number of aliphatic hydroxyl groups excluding tert-OH is 1. The van der Waals surface area contributed by atoms with Gasteiger partial charge in [-0.15, -0.1) is 13.2 Å². The lowest BCUT2D eigenvalue weighted by molar-refractivity contribution is -0.164. The smallest absolute Gasteiger partial charge is 0.313 e. The third kappa shape index (κ3) is 7.70. The molecule has 0 aromatic heterocycles. The van der Waals surface area contributed by atoms with Crippen LogP contribution in [0.3, 0.4) is 0 Å². The Bertz CT molecular complexity index is 1290. The fourth-order valence-electron chi connectivity index (χ4n) is 7.78. The Morgan fingerprint density at radius 3 is 2.52 bits per heavy atom. The number of nitrogens with zero attached hydrogens (tertiary/aromatic N) is 3. The quantitative estimate of drug-likeness (QED) is 0.121. The SMILES string of the molecule is C=CCCC(=O)N(C)[C@@H](C)[C@@H](OC(=O)[C@@H]1[C@@H]2CC[C@]3(O2)[C@H](C(=O)N(CC=C)CCCC)N(CCCCCCO)C(=O)[C@@H]13)c1ccccc1. The third-order valence-electron chi connectivity index (χ3n) is 10.4. The number of fused-ring (bicyclic) bond motifs is 1. The van der Waals surface area contributed by atoms with E-state index in [9.17, 15) is 24.3 Å². The van der Waals surface area contributed by atoms with Crippen molar-refractivity contribution in [2.45, 2.75) is 108 Å². The Labute approximate surface area is 286 Å². The first-order valence-corrected chi connectivity index (χ1v) is 17.8. The Morgan fingerprint density at radius 1 is 1.12 bits per heavy atom. The van der Waals surface area contributed by atoms with Gasteiger partial charge in [0.05, 0.1) is 24.0 Å². The fourth-order valence-corrected chi connectivity index (χ4v) is 7.78. The molecule has 0 saturated carbocycles. The summed E-state index contributed by atoms with van der Waals surface area (Å²) in [5.74, 6) is -2.75. The van der Waals surface area contributed by atoms with Crippen molar-refractivity contribution in [2.24, 2.45) is 11.8 Å². The van der Waals surface area contributed by atoms with Gasteiger partial charge in [0.2, 0.25) is 17.7 Å². The number of benzene rings is 1. The van der Waals surface area contributed by atoms with Gasteiger partial charge < -0.3 is 29.3 Å². The second kappa shape index (κ2) is 17.2. The van der Waals surface area contributed by atoms with Crippen LogP contribution < -0.4 is 0 Å². The molecule has 0 radical (unpaired) electrons. The van der Waals surface area contributed by atoms with Gasteiger partial charge in [-0.1, -0.05) is 68.7 Å². The van der Waals surface area contributed by atoms with Crippen molar-refractivity contribution in [1.82, 2.24) is 14.7 Å². The fraction of sp³-hybridized carbons (Fsp3) is 0.632. The molecule has 2 bridgehead atoms. The highest BCUT2D eigenvalue weighted by Crippen LogP contribution is 2.59. The standard InChI is InChI=1S/C38H55N3O7/c1-6-9-20-30(43)39(5)27(4)33(28-18-14-13-15-19-28)47-37(46)31-29-21-22-38(48-29)32(31)35(44)41(25-16-11-12-17-26-42)34(38)36(45)40(23-8-3)24-10-7-2/h6,8,13-15,18-19,27,29,31-34,42H,1,3,7,9-12,16-17,20-26H2,2,4-5H3/t27-,29-,31+,32+,33+,34-,38+/m0/s1. The molecule has 3 heterocycles. The number of unbranched alkanes of at least 4 members (excludes halogenated alkanes) is 4. The molecule has 3 amide bonds. The number of allylic oxidation sites excluding steroid dienone is 1. The van der Waals surface area contributed by atoms with E-state index in [-0.39, 0.29) is 24.3 Å². The third-order valence-corrected chi connectivity index (χ3v) is 10.4. The molecular formula is C38H55N3O7. The molecule has 3 fully saturated rings. The van der Waals surface area contributed by atoms with E-state index >= 15 is 0 Å². The van der Waals surface area contributed by atoms with Gasteiger partial charge in [0.25, 0.3) is 0 Å². The number of rotatable bonds is 20. The Hall–Kier alpha value is -3.50. The molecule has 1 aromatic carbocycles. The van der Waals surface area contributed by atoms with E-state index in [2.05, 4.69) is 20.1 Å². The first kappa shape index (κ1) is 37.3. The second-order valence-corrected chi connectivity index (χ2v) is 13.5. The topological polar surface area (TPSA) is 117 Å². The van der Waals surface area contributed by atoms with Crippen molar-refractivity contribution in [3.63, 3.8) is 0 Å². The zero-order valence-electron chi connectivity index (χ0n) is 29.1. The van der Waals surface area contributed by atoms with Crippen LogP contribution in [0.4, 0.5) is 0 Å². The summed E-state index contributed by atoms with van der Waals surface area (Å²) in [4.78, 5) is 61.2. The minimum atomic E-state index is -1.12. The highest BCUT2D eigenvalue weighted by molar-refractivity contribution is 5.98. The summed E-state index contributed by atoms with van der Waals surface area (Å²) in [5, 5.41) is 9.23. The zero-order valence-corrected chi connectivity index (χ0v) is 29.1. The van der Waals surface area contributed by atoms with E-state index in [1.165, 1.54) is 0 Å². The van der Waals surface area contributed by atoms with Crippen molar-refractivity contribution in [2.75, 3.05) is 33.3 Å². The molecule has 0 unspecified atom stereocenters. The maximum Gasteiger partial charge on any atom is 0.313 e. The summed E-state index contributed by atoms with van der Waals surface area (Å²) in [6.07, 6.45) is 8.68. The molecule has 10 nitrogen and oxygen atoms in total. The van der Waals surface area contributed by atoms with E-state index in [1.54, 1.807) is 33.9 Å². The van der Waals surface area contributed by atoms with Crippen LogP contribution in [0.2, 0.25) is 0 Å². The lowest BCUT2D eigenvalue weighted by atomic mass is 9.70. The van der Waals surface area contributed by atoms with E-state index in [0.717, 1.165) is 31.2 Å². The van der Waals surface area contributed by atoms with Gasteiger partial charge in [-0.3, -0.25) is 19.2 Å². The van der Waals surface area contributed by atoms with Crippen molar-refractivity contribution >= 4 is 23.7 Å². The monoisotopic (exact) mass is 665 g/mol. The lowest BCUT2D eigenvalue weighted by Crippen LogP contribution is -2.56. The molecule has 3 aliphatic rings. The van der Waals surface area contributed by atoms with Gasteiger partial charge in [-0.2, -0.15) is 0 Å². The average Bonchev–Trinajstić information content (AvgIpc) is 3.74. The number of ether oxygens (including phenoxy) is 2. The number of hydrogen-bond donors (Lipinski definition) is 1. The summed E-state index contributed by atoms with van der Waals surface area (Å²) < 4.78 is 13.0. The van der Waals surface area contributed by atoms with Crippen LogP contribution in [0.15, 0.2) is 55.6 Å². The number of amides is 3. The number of carbonyl (C=O) groups is 4. The summed E-state index contributed by atoms with van der Waals surface area (Å²) in [6, 6.07) is 8.01. The molecule has 3 saturated heterocycles. The Morgan fingerprint density at radius 2 is 1.85 bits per heavy atom. The van der Waals surface area contributed by atoms with E-state index < -0.39 is 47.7 Å².